The Hall–Kier alpha value is -2.45. The van der Waals surface area contributed by atoms with Gasteiger partial charge in [0.05, 0.1) is 29.2 Å². The molecule has 0 fully saturated rings. The Kier molecular flexibility index (Phi) is 32.1. The van der Waals surface area contributed by atoms with Gasteiger partial charge in [0.1, 0.15) is 0 Å². The van der Waals surface area contributed by atoms with E-state index >= 15 is 0 Å². The monoisotopic (exact) mass is 775 g/mol. The molecule has 0 amide bonds. The van der Waals surface area contributed by atoms with Crippen molar-refractivity contribution in [2.75, 3.05) is 13.2 Å². The topological polar surface area (TPSA) is 107 Å². The molecule has 0 heterocycles. The van der Waals surface area contributed by atoms with Gasteiger partial charge in [-0.1, -0.05) is 167 Å². The van der Waals surface area contributed by atoms with Crippen molar-refractivity contribution in [2.45, 2.75) is 211 Å². The summed E-state index contributed by atoms with van der Waals surface area (Å²) in [7, 11) is -4.57. The van der Waals surface area contributed by atoms with Gasteiger partial charge in [-0.2, -0.15) is 8.42 Å². The fourth-order valence-corrected chi connectivity index (χ4v) is 7.08. The molecule has 0 saturated heterocycles. The second-order valence-corrected chi connectivity index (χ2v) is 16.5. The first kappa shape index (κ1) is 49.6. The molecule has 0 bridgehead atoms. The van der Waals surface area contributed by atoms with Crippen molar-refractivity contribution in [1.29, 1.82) is 0 Å². The third-order valence-electron chi connectivity index (χ3n) is 10.0. The molecule has 0 saturated carbocycles. The first-order chi connectivity index (χ1) is 26.3. The molecule has 1 aromatic rings. The van der Waals surface area contributed by atoms with Crippen LogP contribution in [0.5, 0.6) is 0 Å². The average Bonchev–Trinajstić information content (AvgIpc) is 3.16. The summed E-state index contributed by atoms with van der Waals surface area (Å²) in [4.78, 5) is 25.4. The van der Waals surface area contributed by atoms with Crippen LogP contribution in [-0.4, -0.2) is 38.1 Å². The molecular formula is C46H78O7S. The van der Waals surface area contributed by atoms with Crippen molar-refractivity contribution >= 4 is 22.1 Å². The lowest BCUT2D eigenvalue weighted by Gasteiger charge is -2.11. The predicted molar refractivity (Wildman–Crippen MR) is 225 cm³/mol. The molecule has 0 unspecified atom stereocenters. The maximum absolute atomic E-state index is 12.9. The number of rotatable bonds is 37. The first-order valence-electron chi connectivity index (χ1n) is 22.1. The highest BCUT2D eigenvalue weighted by Gasteiger charge is 2.23. The molecule has 310 valence electrons. The normalized spacial score (nSPS) is 11.9. The zero-order valence-electron chi connectivity index (χ0n) is 34.5. The molecule has 1 rings (SSSR count). The zero-order valence-corrected chi connectivity index (χ0v) is 35.3. The number of carbonyl (C=O) groups excluding carboxylic acids is 2. The summed E-state index contributed by atoms with van der Waals surface area (Å²) in [6.07, 6.45) is 45.1. The van der Waals surface area contributed by atoms with Gasteiger partial charge in [0, 0.05) is 0 Å². The van der Waals surface area contributed by atoms with Gasteiger partial charge in [-0.25, -0.2) is 9.59 Å². The fourth-order valence-electron chi connectivity index (χ4n) is 6.57. The largest absolute Gasteiger partial charge is 0.462 e. The van der Waals surface area contributed by atoms with Gasteiger partial charge in [-0.3, -0.25) is 4.55 Å². The summed E-state index contributed by atoms with van der Waals surface area (Å²) >= 11 is 0. The Morgan fingerprint density at radius 3 is 1.15 bits per heavy atom. The Morgan fingerprint density at radius 2 is 0.796 bits per heavy atom. The zero-order chi connectivity index (χ0) is 39.4. The van der Waals surface area contributed by atoms with E-state index in [1.165, 1.54) is 134 Å². The van der Waals surface area contributed by atoms with Crippen LogP contribution < -0.4 is 0 Å². The van der Waals surface area contributed by atoms with Crippen LogP contribution in [0.15, 0.2) is 47.4 Å². The Morgan fingerprint density at radius 1 is 0.481 bits per heavy atom. The number of esters is 2. The Bertz CT molecular complexity index is 1240. The molecule has 1 aromatic carbocycles. The van der Waals surface area contributed by atoms with E-state index in [-0.39, 0.29) is 24.3 Å². The summed E-state index contributed by atoms with van der Waals surface area (Å²) in [5.41, 5.74) is -0.279. The van der Waals surface area contributed by atoms with Crippen LogP contribution in [0.3, 0.4) is 0 Å². The van der Waals surface area contributed by atoms with Crippen LogP contribution >= 0.6 is 0 Å². The number of ether oxygens (including phenoxy) is 2. The predicted octanol–water partition coefficient (Wildman–Crippen LogP) is 14.1. The minimum Gasteiger partial charge on any atom is -0.462 e. The minimum atomic E-state index is -4.57. The molecule has 0 radical (unpaired) electrons. The van der Waals surface area contributed by atoms with Gasteiger partial charge in [0.2, 0.25) is 0 Å². The van der Waals surface area contributed by atoms with Gasteiger partial charge in [0.15, 0.2) is 0 Å². The molecule has 0 spiro atoms. The minimum absolute atomic E-state index is 0.0642. The van der Waals surface area contributed by atoms with E-state index in [1.807, 2.05) is 0 Å². The highest BCUT2D eigenvalue weighted by molar-refractivity contribution is 7.85. The third kappa shape index (κ3) is 28.0. The van der Waals surface area contributed by atoms with Crippen LogP contribution in [-0.2, 0) is 19.6 Å². The van der Waals surface area contributed by atoms with Crippen LogP contribution in [0, 0.1) is 0 Å². The molecule has 0 aliphatic rings. The van der Waals surface area contributed by atoms with E-state index in [9.17, 15) is 22.6 Å². The fraction of sp³-hybridized carbons (Fsp3) is 0.739. The van der Waals surface area contributed by atoms with E-state index in [0.29, 0.717) is 12.8 Å². The van der Waals surface area contributed by atoms with Crippen LogP contribution in [0.2, 0.25) is 0 Å². The second-order valence-electron chi connectivity index (χ2n) is 15.0. The van der Waals surface area contributed by atoms with E-state index in [2.05, 4.69) is 38.2 Å². The smallest absolute Gasteiger partial charge is 0.339 e. The van der Waals surface area contributed by atoms with Crippen molar-refractivity contribution in [3.63, 3.8) is 0 Å². The number of allylic oxidation sites excluding steroid dienone is 4. The summed E-state index contributed by atoms with van der Waals surface area (Å²) in [6.45, 7) is 4.89. The van der Waals surface area contributed by atoms with Gasteiger partial charge >= 0.3 is 11.9 Å². The molecular weight excluding hydrogens is 697 g/mol. The molecule has 1 N–H and O–H groups in total. The molecule has 7 nitrogen and oxygen atoms in total. The number of hydrogen-bond acceptors (Lipinski definition) is 6. The molecule has 0 aromatic heterocycles. The molecule has 54 heavy (non-hydrogen) atoms. The highest BCUT2D eigenvalue weighted by Crippen LogP contribution is 2.20. The molecule has 0 aliphatic carbocycles. The van der Waals surface area contributed by atoms with Crippen molar-refractivity contribution in [1.82, 2.24) is 0 Å². The lowest BCUT2D eigenvalue weighted by atomic mass is 10.1. The van der Waals surface area contributed by atoms with Gasteiger partial charge < -0.3 is 9.47 Å². The van der Waals surface area contributed by atoms with Crippen molar-refractivity contribution in [3.05, 3.63) is 53.6 Å². The SMILES string of the molecule is CCCCCCCC/C=C/CCCCCCCCCOC(=O)c1ccc(S(=O)(=O)O)cc1C(=O)OCCCCCCCCC/C=C/CCCCCCCC. The number of carbonyl (C=O) groups is 2. The van der Waals surface area contributed by atoms with Crippen LogP contribution in [0.4, 0.5) is 0 Å². The Balaban J connectivity index is 2.23. The first-order valence-corrected chi connectivity index (χ1v) is 23.5. The van der Waals surface area contributed by atoms with Gasteiger partial charge in [0.25, 0.3) is 10.1 Å². The lowest BCUT2D eigenvalue weighted by molar-refractivity contribution is 0.0450. The summed E-state index contributed by atoms with van der Waals surface area (Å²) < 4.78 is 43.9. The summed E-state index contributed by atoms with van der Waals surface area (Å²) in [5, 5.41) is 0. The standard InChI is InChI=1S/C46H78O7S/c1-3-5-7-9-11-13-15-17-19-21-23-25-27-29-31-33-35-39-52-45(47)43-38-37-42(54(49,50)51)41-44(43)46(48)53-40-36-34-32-30-28-26-24-22-20-18-16-14-12-10-8-6-4-2/h17-20,37-38,41H,3-16,21-36,39-40H2,1-2H3,(H,49,50,51)/b19-17+,20-18+. The lowest BCUT2D eigenvalue weighted by Crippen LogP contribution is -2.16. The summed E-state index contributed by atoms with van der Waals surface area (Å²) in [5.74, 6) is -1.51. The number of benzene rings is 1. The van der Waals surface area contributed by atoms with E-state index in [1.54, 1.807) is 0 Å². The average molecular weight is 775 g/mol. The van der Waals surface area contributed by atoms with Crippen molar-refractivity contribution in [3.8, 4) is 0 Å². The van der Waals surface area contributed by atoms with Crippen LogP contribution in [0.25, 0.3) is 0 Å². The second kappa shape index (κ2) is 35.0. The van der Waals surface area contributed by atoms with E-state index in [4.69, 9.17) is 9.47 Å². The molecule has 0 aliphatic heterocycles. The van der Waals surface area contributed by atoms with Crippen molar-refractivity contribution in [2.24, 2.45) is 0 Å². The number of hydrogen-bond donors (Lipinski definition) is 1. The van der Waals surface area contributed by atoms with Crippen LogP contribution in [0.1, 0.15) is 227 Å². The maximum Gasteiger partial charge on any atom is 0.339 e. The van der Waals surface area contributed by atoms with Gasteiger partial charge in [-0.05, 0) is 82.4 Å². The number of unbranched alkanes of at least 4 members (excludes halogenated alkanes) is 26. The molecule has 0 atom stereocenters. The third-order valence-corrected chi connectivity index (χ3v) is 10.9. The molecule has 8 heteroatoms. The van der Waals surface area contributed by atoms with E-state index < -0.39 is 27.0 Å². The maximum atomic E-state index is 12.9. The van der Waals surface area contributed by atoms with E-state index in [0.717, 1.165) is 63.5 Å². The quantitative estimate of drug-likeness (QED) is 0.0310. The highest BCUT2D eigenvalue weighted by atomic mass is 32.2. The summed E-state index contributed by atoms with van der Waals surface area (Å²) in [6, 6.07) is 3.29. The Labute approximate surface area is 331 Å². The van der Waals surface area contributed by atoms with Crippen molar-refractivity contribution < 1.29 is 32.0 Å². The van der Waals surface area contributed by atoms with Gasteiger partial charge in [-0.15, -0.1) is 0 Å².